The number of benzene rings is 1. The molecule has 2 N–H and O–H groups in total. The Balaban J connectivity index is 1.81. The number of aromatic nitrogens is 2. The van der Waals surface area contributed by atoms with Gasteiger partial charge in [-0.2, -0.15) is 0 Å². The van der Waals surface area contributed by atoms with Gasteiger partial charge in [-0.1, -0.05) is 12.1 Å². The van der Waals surface area contributed by atoms with Gasteiger partial charge in [0.25, 0.3) is 0 Å². The predicted octanol–water partition coefficient (Wildman–Crippen LogP) is 2.05. The Morgan fingerprint density at radius 1 is 1.41 bits per heavy atom. The third-order valence-corrected chi connectivity index (χ3v) is 3.47. The molecule has 0 spiro atoms. The Kier molecular flexibility index (Phi) is 2.73. The molecular formula is C13H17N3O. The average molecular weight is 231 g/mol. The van der Waals surface area contributed by atoms with E-state index in [1.165, 1.54) is 6.42 Å². The highest BCUT2D eigenvalue weighted by atomic mass is 16.5. The molecule has 3 rings (SSSR count). The minimum Gasteiger partial charge on any atom is -0.381 e. The van der Waals surface area contributed by atoms with E-state index in [1.807, 2.05) is 18.2 Å². The van der Waals surface area contributed by atoms with Crippen molar-refractivity contribution in [1.29, 1.82) is 0 Å². The lowest BCUT2D eigenvalue weighted by Crippen LogP contribution is -2.08. The number of hydrogen-bond donors (Lipinski definition) is 1. The van der Waals surface area contributed by atoms with Gasteiger partial charge in [-0.05, 0) is 30.9 Å². The fraction of sp³-hybridized carbons (Fsp3) is 0.462. The molecule has 1 aromatic carbocycles. The lowest BCUT2D eigenvalue weighted by molar-refractivity contribution is 0.183. The van der Waals surface area contributed by atoms with Gasteiger partial charge in [0.2, 0.25) is 5.95 Å². The first kappa shape index (κ1) is 10.6. The van der Waals surface area contributed by atoms with Gasteiger partial charge in [0.15, 0.2) is 0 Å². The third kappa shape index (κ3) is 2.00. The number of hydrogen-bond acceptors (Lipinski definition) is 3. The van der Waals surface area contributed by atoms with E-state index >= 15 is 0 Å². The Bertz CT molecular complexity index is 514. The SMILES string of the molecule is Nc1nc2ccccc2n1CCC1CCOC1. The Morgan fingerprint density at radius 3 is 3.12 bits per heavy atom. The maximum atomic E-state index is 5.96. The number of ether oxygens (including phenoxy) is 1. The fourth-order valence-corrected chi connectivity index (χ4v) is 2.45. The lowest BCUT2D eigenvalue weighted by atomic mass is 10.1. The molecule has 90 valence electrons. The molecule has 1 unspecified atom stereocenters. The molecule has 4 heteroatoms. The molecule has 2 aromatic rings. The van der Waals surface area contributed by atoms with Gasteiger partial charge in [0.1, 0.15) is 0 Å². The van der Waals surface area contributed by atoms with E-state index in [1.54, 1.807) is 0 Å². The molecule has 1 atom stereocenters. The molecule has 17 heavy (non-hydrogen) atoms. The summed E-state index contributed by atoms with van der Waals surface area (Å²) in [6, 6.07) is 8.09. The van der Waals surface area contributed by atoms with E-state index in [4.69, 9.17) is 10.5 Å². The molecule has 0 bridgehead atoms. The highest BCUT2D eigenvalue weighted by Crippen LogP contribution is 2.21. The number of imidazole rings is 1. The van der Waals surface area contributed by atoms with Gasteiger partial charge < -0.3 is 15.0 Å². The molecule has 1 aromatic heterocycles. The molecule has 1 aliphatic heterocycles. The van der Waals surface area contributed by atoms with Crippen LogP contribution in [0.2, 0.25) is 0 Å². The highest BCUT2D eigenvalue weighted by Gasteiger charge is 2.16. The maximum absolute atomic E-state index is 5.96. The van der Waals surface area contributed by atoms with Gasteiger partial charge in [-0.3, -0.25) is 0 Å². The Morgan fingerprint density at radius 2 is 2.29 bits per heavy atom. The summed E-state index contributed by atoms with van der Waals surface area (Å²) in [5.41, 5.74) is 8.07. The fourth-order valence-electron chi connectivity index (χ4n) is 2.45. The zero-order valence-electron chi connectivity index (χ0n) is 9.80. The number of nitrogens with zero attached hydrogens (tertiary/aromatic N) is 2. The minimum atomic E-state index is 0.616. The van der Waals surface area contributed by atoms with Crippen LogP contribution in [0.4, 0.5) is 5.95 Å². The van der Waals surface area contributed by atoms with Crippen molar-refractivity contribution in [3.05, 3.63) is 24.3 Å². The highest BCUT2D eigenvalue weighted by molar-refractivity contribution is 5.78. The molecule has 0 radical (unpaired) electrons. The zero-order chi connectivity index (χ0) is 11.7. The van der Waals surface area contributed by atoms with Crippen LogP contribution < -0.4 is 5.73 Å². The van der Waals surface area contributed by atoms with Crippen LogP contribution in [0.25, 0.3) is 11.0 Å². The van der Waals surface area contributed by atoms with Crippen LogP contribution in [0.3, 0.4) is 0 Å². The van der Waals surface area contributed by atoms with Crippen LogP contribution in [0.1, 0.15) is 12.8 Å². The smallest absolute Gasteiger partial charge is 0.201 e. The summed E-state index contributed by atoms with van der Waals surface area (Å²) in [4.78, 5) is 4.37. The van der Waals surface area contributed by atoms with Crippen LogP contribution in [-0.4, -0.2) is 22.8 Å². The van der Waals surface area contributed by atoms with E-state index < -0.39 is 0 Å². The maximum Gasteiger partial charge on any atom is 0.201 e. The van der Waals surface area contributed by atoms with Gasteiger partial charge >= 0.3 is 0 Å². The van der Waals surface area contributed by atoms with Crippen molar-refractivity contribution in [2.24, 2.45) is 5.92 Å². The molecule has 2 heterocycles. The summed E-state index contributed by atoms with van der Waals surface area (Å²) >= 11 is 0. The quantitative estimate of drug-likeness (QED) is 0.879. The second-order valence-corrected chi connectivity index (χ2v) is 4.63. The van der Waals surface area contributed by atoms with Crippen molar-refractivity contribution in [2.75, 3.05) is 18.9 Å². The van der Waals surface area contributed by atoms with Crippen LogP contribution in [0.5, 0.6) is 0 Å². The standard InChI is InChI=1S/C13H17N3O/c14-13-15-11-3-1-2-4-12(11)16(13)7-5-10-6-8-17-9-10/h1-4,10H,5-9H2,(H2,14,15). The number of para-hydroxylation sites is 2. The van der Waals surface area contributed by atoms with Crippen molar-refractivity contribution in [2.45, 2.75) is 19.4 Å². The first-order valence-electron chi connectivity index (χ1n) is 6.13. The molecule has 0 aliphatic carbocycles. The molecule has 0 saturated carbocycles. The largest absolute Gasteiger partial charge is 0.381 e. The van der Waals surface area contributed by atoms with Crippen molar-refractivity contribution in [3.63, 3.8) is 0 Å². The summed E-state index contributed by atoms with van der Waals surface area (Å²) in [6.07, 6.45) is 2.29. The van der Waals surface area contributed by atoms with Crippen LogP contribution in [0.15, 0.2) is 24.3 Å². The van der Waals surface area contributed by atoms with E-state index in [-0.39, 0.29) is 0 Å². The topological polar surface area (TPSA) is 53.1 Å². The molecule has 0 amide bonds. The van der Waals surface area contributed by atoms with E-state index in [9.17, 15) is 0 Å². The van der Waals surface area contributed by atoms with Gasteiger partial charge in [0.05, 0.1) is 11.0 Å². The summed E-state index contributed by atoms with van der Waals surface area (Å²) < 4.78 is 7.49. The van der Waals surface area contributed by atoms with Gasteiger partial charge in [0, 0.05) is 19.8 Å². The van der Waals surface area contributed by atoms with Crippen LogP contribution >= 0.6 is 0 Å². The molecule has 1 fully saturated rings. The average Bonchev–Trinajstić information content (AvgIpc) is 2.93. The second kappa shape index (κ2) is 4.37. The normalized spacial score (nSPS) is 20.1. The monoisotopic (exact) mass is 231 g/mol. The number of aryl methyl sites for hydroxylation is 1. The van der Waals surface area contributed by atoms with E-state index in [2.05, 4.69) is 15.6 Å². The first-order valence-corrected chi connectivity index (χ1v) is 6.13. The van der Waals surface area contributed by atoms with Crippen molar-refractivity contribution >= 4 is 17.0 Å². The molecular weight excluding hydrogens is 214 g/mol. The summed E-state index contributed by atoms with van der Waals surface area (Å²) in [7, 11) is 0. The molecule has 1 saturated heterocycles. The lowest BCUT2D eigenvalue weighted by Gasteiger charge is -2.10. The number of rotatable bonds is 3. The summed E-state index contributed by atoms with van der Waals surface area (Å²) in [5, 5.41) is 0. The van der Waals surface area contributed by atoms with Gasteiger partial charge in [-0.25, -0.2) is 4.98 Å². The second-order valence-electron chi connectivity index (χ2n) is 4.63. The molecule has 4 nitrogen and oxygen atoms in total. The number of nitrogen functional groups attached to an aromatic ring is 1. The third-order valence-electron chi connectivity index (χ3n) is 3.47. The van der Waals surface area contributed by atoms with Crippen LogP contribution in [-0.2, 0) is 11.3 Å². The summed E-state index contributed by atoms with van der Waals surface area (Å²) in [5.74, 6) is 1.29. The molecule has 1 aliphatic rings. The van der Waals surface area contributed by atoms with Gasteiger partial charge in [-0.15, -0.1) is 0 Å². The summed E-state index contributed by atoms with van der Waals surface area (Å²) in [6.45, 7) is 2.73. The zero-order valence-corrected chi connectivity index (χ0v) is 9.80. The number of fused-ring (bicyclic) bond motifs is 1. The first-order chi connectivity index (χ1) is 8.34. The Labute approximate surface area is 100 Å². The van der Waals surface area contributed by atoms with Crippen molar-refractivity contribution in [3.8, 4) is 0 Å². The van der Waals surface area contributed by atoms with Crippen molar-refractivity contribution < 1.29 is 4.74 Å². The number of anilines is 1. The Hall–Kier alpha value is -1.55. The predicted molar refractivity (Wildman–Crippen MR) is 67.7 cm³/mol. The number of nitrogens with two attached hydrogens (primary N) is 1. The van der Waals surface area contributed by atoms with E-state index in [0.29, 0.717) is 11.9 Å². The van der Waals surface area contributed by atoms with Crippen LogP contribution in [0, 0.1) is 5.92 Å². The van der Waals surface area contributed by atoms with E-state index in [0.717, 1.165) is 37.2 Å². The minimum absolute atomic E-state index is 0.616. The van der Waals surface area contributed by atoms with Crippen molar-refractivity contribution in [1.82, 2.24) is 9.55 Å².